The minimum Gasteiger partial charge on any atom is -0.367 e. The number of pyridine rings is 1. The van der Waals surface area contributed by atoms with Gasteiger partial charge in [-0.25, -0.2) is 9.20 Å². The van der Waals surface area contributed by atoms with Crippen molar-refractivity contribution in [1.82, 2.24) is 38.5 Å². The van der Waals surface area contributed by atoms with Gasteiger partial charge in [0, 0.05) is 36.4 Å². The molecule has 0 radical (unpaired) electrons. The third-order valence-corrected chi connectivity index (χ3v) is 7.39. The standard InChI is InChI=1S/C26H21ClN10O/c1-34-11-15(10-28)8-20(34)22-21-23-31-32-25(29)37(23)26(38)35(12-14-2-3-14)24(21)33-36(22)13-16-6-7-30-19-5-4-17(27)9-18(16)19/h4-9,11,14H,2-3,12-13H2,1H3,(H2,29,32). The van der Waals surface area contributed by atoms with Crippen molar-refractivity contribution in [2.24, 2.45) is 13.0 Å². The molecule has 7 rings (SSSR count). The molecular formula is C26H21ClN10O. The number of fused-ring (bicyclic) bond motifs is 4. The first-order valence-corrected chi connectivity index (χ1v) is 12.5. The number of aryl methyl sites for hydroxylation is 1. The van der Waals surface area contributed by atoms with E-state index in [1.807, 2.05) is 40.6 Å². The number of nitrogen functional groups attached to an aromatic ring is 1. The Morgan fingerprint density at radius 2 is 2.03 bits per heavy atom. The molecule has 38 heavy (non-hydrogen) atoms. The lowest BCUT2D eigenvalue weighted by molar-refractivity contribution is 0.595. The molecular weight excluding hydrogens is 504 g/mol. The van der Waals surface area contributed by atoms with E-state index in [4.69, 9.17) is 22.4 Å². The molecule has 11 nitrogen and oxygen atoms in total. The largest absolute Gasteiger partial charge is 0.367 e. The molecule has 12 heteroatoms. The fourth-order valence-corrected chi connectivity index (χ4v) is 5.31. The second kappa shape index (κ2) is 8.16. The Morgan fingerprint density at radius 1 is 1.18 bits per heavy atom. The minimum absolute atomic E-state index is 0.0227. The Morgan fingerprint density at radius 3 is 2.79 bits per heavy atom. The number of benzene rings is 1. The van der Waals surface area contributed by atoms with Gasteiger partial charge in [0.15, 0.2) is 11.3 Å². The van der Waals surface area contributed by atoms with Crippen LogP contribution in [0.1, 0.15) is 24.0 Å². The lowest BCUT2D eigenvalue weighted by Gasteiger charge is -2.11. The number of aromatic nitrogens is 8. The van der Waals surface area contributed by atoms with Gasteiger partial charge in [-0.2, -0.15) is 10.4 Å². The van der Waals surface area contributed by atoms with Gasteiger partial charge in [0.2, 0.25) is 5.95 Å². The summed E-state index contributed by atoms with van der Waals surface area (Å²) in [5.74, 6) is 0.431. The number of nitriles is 1. The van der Waals surface area contributed by atoms with Crippen LogP contribution in [0.4, 0.5) is 5.95 Å². The van der Waals surface area contributed by atoms with E-state index >= 15 is 0 Å². The summed E-state index contributed by atoms with van der Waals surface area (Å²) < 4.78 is 6.75. The average Bonchev–Trinajstić information content (AvgIpc) is 3.37. The first-order valence-electron chi connectivity index (χ1n) is 12.2. The van der Waals surface area contributed by atoms with E-state index in [0.29, 0.717) is 52.0 Å². The van der Waals surface area contributed by atoms with Crippen LogP contribution in [0, 0.1) is 17.2 Å². The maximum Gasteiger partial charge on any atom is 0.338 e. The van der Waals surface area contributed by atoms with E-state index in [9.17, 15) is 10.1 Å². The first kappa shape index (κ1) is 22.5. The van der Waals surface area contributed by atoms with Crippen LogP contribution >= 0.6 is 11.6 Å². The molecule has 1 aliphatic rings. The highest BCUT2D eigenvalue weighted by Gasteiger charge is 2.29. The Balaban J connectivity index is 1.58. The Labute approximate surface area is 220 Å². The van der Waals surface area contributed by atoms with Crippen LogP contribution in [0.3, 0.4) is 0 Å². The van der Waals surface area contributed by atoms with Crippen molar-refractivity contribution < 1.29 is 0 Å². The molecule has 1 fully saturated rings. The zero-order chi connectivity index (χ0) is 26.1. The predicted octanol–water partition coefficient (Wildman–Crippen LogP) is 3.36. The van der Waals surface area contributed by atoms with E-state index in [1.54, 1.807) is 23.0 Å². The molecule has 6 aromatic rings. The summed E-state index contributed by atoms with van der Waals surface area (Å²) in [7, 11) is 1.87. The highest BCUT2D eigenvalue weighted by molar-refractivity contribution is 6.31. The topological polar surface area (TPSA) is 138 Å². The van der Waals surface area contributed by atoms with Gasteiger partial charge in [-0.15, -0.1) is 10.2 Å². The normalized spacial score (nSPS) is 13.6. The van der Waals surface area contributed by atoms with Crippen LogP contribution in [-0.4, -0.2) is 38.5 Å². The van der Waals surface area contributed by atoms with Crippen LogP contribution in [0.5, 0.6) is 0 Å². The number of halogens is 1. The lowest BCUT2D eigenvalue weighted by atomic mass is 10.1. The molecule has 0 spiro atoms. The van der Waals surface area contributed by atoms with E-state index in [1.165, 1.54) is 4.40 Å². The van der Waals surface area contributed by atoms with E-state index in [2.05, 4.69) is 21.3 Å². The van der Waals surface area contributed by atoms with Crippen molar-refractivity contribution in [2.45, 2.75) is 25.9 Å². The highest BCUT2D eigenvalue weighted by atomic mass is 35.5. The maximum atomic E-state index is 13.6. The van der Waals surface area contributed by atoms with Crippen LogP contribution in [0.15, 0.2) is 47.5 Å². The van der Waals surface area contributed by atoms with Gasteiger partial charge in [0.25, 0.3) is 0 Å². The summed E-state index contributed by atoms with van der Waals surface area (Å²) in [6.45, 7) is 0.896. The molecule has 1 aliphatic carbocycles. The highest BCUT2D eigenvalue weighted by Crippen LogP contribution is 2.36. The van der Waals surface area contributed by atoms with Crippen LogP contribution in [0.2, 0.25) is 5.02 Å². The fraction of sp³-hybridized carbons (Fsp3) is 0.231. The Hall–Kier alpha value is -4.69. The number of hydrogen-bond donors (Lipinski definition) is 1. The van der Waals surface area contributed by atoms with Crippen LogP contribution in [-0.2, 0) is 20.1 Å². The smallest absolute Gasteiger partial charge is 0.338 e. The average molecular weight is 525 g/mol. The van der Waals surface area contributed by atoms with E-state index in [0.717, 1.165) is 35.0 Å². The number of nitrogens with two attached hydrogens (primary N) is 1. The van der Waals surface area contributed by atoms with Gasteiger partial charge >= 0.3 is 5.69 Å². The summed E-state index contributed by atoms with van der Waals surface area (Å²) in [4.78, 5) is 18.1. The first-order chi connectivity index (χ1) is 18.4. The Bertz CT molecular complexity index is 2020. The van der Waals surface area contributed by atoms with Gasteiger partial charge in [-0.1, -0.05) is 11.6 Å². The summed E-state index contributed by atoms with van der Waals surface area (Å²) in [5.41, 5.74) is 10.4. The molecule has 5 heterocycles. The van der Waals surface area contributed by atoms with Crippen LogP contribution in [0.25, 0.3) is 39.0 Å². The van der Waals surface area contributed by atoms with Crippen LogP contribution < -0.4 is 11.4 Å². The molecule has 0 aliphatic heterocycles. The zero-order valence-corrected chi connectivity index (χ0v) is 21.1. The Kier molecular flexibility index (Phi) is 4.83. The third kappa shape index (κ3) is 3.38. The number of rotatable bonds is 5. The van der Waals surface area contributed by atoms with Crippen molar-refractivity contribution in [3.8, 4) is 17.5 Å². The van der Waals surface area contributed by atoms with Gasteiger partial charge in [0.05, 0.1) is 34.4 Å². The van der Waals surface area contributed by atoms with Crippen molar-refractivity contribution in [3.63, 3.8) is 0 Å². The third-order valence-electron chi connectivity index (χ3n) is 7.15. The monoisotopic (exact) mass is 524 g/mol. The maximum absolute atomic E-state index is 13.6. The van der Waals surface area contributed by atoms with Gasteiger partial charge < -0.3 is 10.3 Å². The molecule has 188 valence electrons. The molecule has 0 amide bonds. The van der Waals surface area contributed by atoms with Crippen molar-refractivity contribution in [2.75, 3.05) is 5.73 Å². The van der Waals surface area contributed by atoms with Crippen molar-refractivity contribution in [1.29, 1.82) is 5.26 Å². The van der Waals surface area contributed by atoms with Crippen molar-refractivity contribution >= 4 is 45.1 Å². The van der Waals surface area contributed by atoms with Crippen molar-refractivity contribution in [3.05, 3.63) is 69.4 Å². The quantitative estimate of drug-likeness (QED) is 0.365. The van der Waals surface area contributed by atoms with E-state index in [-0.39, 0.29) is 11.6 Å². The van der Waals surface area contributed by atoms with Gasteiger partial charge in [0.1, 0.15) is 6.07 Å². The molecule has 1 aromatic carbocycles. The molecule has 0 saturated heterocycles. The molecule has 1 saturated carbocycles. The summed E-state index contributed by atoms with van der Waals surface area (Å²) in [6, 6.07) is 11.5. The summed E-state index contributed by atoms with van der Waals surface area (Å²) >= 11 is 6.33. The summed E-state index contributed by atoms with van der Waals surface area (Å²) in [6.07, 6.45) is 5.63. The number of anilines is 1. The molecule has 5 aromatic heterocycles. The number of hydrogen-bond acceptors (Lipinski definition) is 7. The summed E-state index contributed by atoms with van der Waals surface area (Å²) in [5, 5.41) is 25.1. The second-order valence-electron chi connectivity index (χ2n) is 9.73. The second-order valence-corrected chi connectivity index (χ2v) is 10.2. The number of nitrogens with zero attached hydrogens (tertiary/aromatic N) is 9. The fourth-order valence-electron chi connectivity index (χ4n) is 5.14. The van der Waals surface area contributed by atoms with Gasteiger partial charge in [-0.3, -0.25) is 14.2 Å². The molecule has 0 atom stereocenters. The SMILES string of the molecule is Cn1cc(C#N)cc1-c1c2c(nn1Cc1ccnc3ccc(Cl)cc13)n(CC1CC1)c(=O)n1c(N)nnc21. The predicted molar refractivity (Wildman–Crippen MR) is 143 cm³/mol. The lowest BCUT2D eigenvalue weighted by Crippen LogP contribution is -2.28. The molecule has 2 N–H and O–H groups in total. The zero-order valence-electron chi connectivity index (χ0n) is 20.3. The minimum atomic E-state index is -0.316. The van der Waals surface area contributed by atoms with Gasteiger partial charge in [-0.05, 0) is 54.7 Å². The molecule has 0 bridgehead atoms. The van der Waals surface area contributed by atoms with E-state index < -0.39 is 0 Å². The molecule has 0 unspecified atom stereocenters.